The fraction of sp³-hybridized carbons (Fsp3) is 0.0893. The average Bonchev–Trinajstić information content (AvgIpc) is 3.35. The SMILES string of the molecule is C=C/C(=C(\C=C/C)c1cccc(-c2cccc(C3=CCCC=N3)c2)c1)c1nc(-c2ccccc2)nc(-c2ccccc2-c2cccc(-c3cccc(C4=CCCC=N4)c3)c2)n1. The van der Waals surface area contributed by atoms with Crippen molar-refractivity contribution in [1.82, 2.24) is 15.0 Å². The zero-order valence-corrected chi connectivity index (χ0v) is 34.2. The molecule has 0 saturated heterocycles. The fourth-order valence-electron chi connectivity index (χ4n) is 7.95. The van der Waals surface area contributed by atoms with Gasteiger partial charge in [-0.15, -0.1) is 0 Å². The van der Waals surface area contributed by atoms with Gasteiger partial charge in [0.25, 0.3) is 0 Å². The minimum atomic E-state index is 0.543. The summed E-state index contributed by atoms with van der Waals surface area (Å²) in [5.74, 6) is 1.71. The van der Waals surface area contributed by atoms with E-state index in [-0.39, 0.29) is 0 Å². The summed E-state index contributed by atoms with van der Waals surface area (Å²) in [6.07, 6.45) is 18.5. The van der Waals surface area contributed by atoms with Gasteiger partial charge in [-0.1, -0.05) is 164 Å². The Bertz CT molecular complexity index is 2940. The predicted molar refractivity (Wildman–Crippen MR) is 257 cm³/mol. The molecule has 1 aromatic heterocycles. The Morgan fingerprint density at radius 2 is 0.967 bits per heavy atom. The molecule has 0 atom stereocenters. The molecule has 0 spiro atoms. The molecular weight excluding hydrogens is 743 g/mol. The lowest BCUT2D eigenvalue weighted by Gasteiger charge is -2.15. The van der Waals surface area contributed by atoms with E-state index < -0.39 is 0 Å². The predicted octanol–water partition coefficient (Wildman–Crippen LogP) is 14.3. The highest BCUT2D eigenvalue weighted by Gasteiger charge is 2.19. The molecule has 7 aromatic rings. The van der Waals surface area contributed by atoms with Gasteiger partial charge in [0.1, 0.15) is 0 Å². The van der Waals surface area contributed by atoms with Crippen LogP contribution in [0.1, 0.15) is 55.1 Å². The van der Waals surface area contributed by atoms with Gasteiger partial charge >= 0.3 is 0 Å². The van der Waals surface area contributed by atoms with Crippen molar-refractivity contribution in [2.45, 2.75) is 32.6 Å². The summed E-state index contributed by atoms with van der Waals surface area (Å²) < 4.78 is 0. The van der Waals surface area contributed by atoms with Crippen LogP contribution < -0.4 is 0 Å². The highest BCUT2D eigenvalue weighted by molar-refractivity contribution is 5.99. The topological polar surface area (TPSA) is 63.4 Å². The second-order valence-corrected chi connectivity index (χ2v) is 15.0. The second-order valence-electron chi connectivity index (χ2n) is 15.0. The van der Waals surface area contributed by atoms with Crippen LogP contribution in [0.5, 0.6) is 0 Å². The quantitative estimate of drug-likeness (QED) is 0.123. The van der Waals surface area contributed by atoms with Crippen molar-refractivity contribution < 1.29 is 0 Å². The standard InChI is InChI=1S/C56H45N5/c1-3-18-49(44-25-14-21-40(35-44)42-23-16-27-46(37-42)52-31-10-12-33-57-52)48(4-2)55-59-54(39-19-6-5-7-20-39)60-56(61-55)51-30-9-8-29-50(51)45-26-15-22-41(36-45)43-24-17-28-47(38-43)53-32-11-13-34-58-53/h3-9,14-38H,2,10-13H2,1H3/b18-3-,49-48-. The van der Waals surface area contributed by atoms with E-state index in [4.69, 9.17) is 15.0 Å². The maximum absolute atomic E-state index is 5.28. The summed E-state index contributed by atoms with van der Waals surface area (Å²) in [6, 6.07) is 53.0. The van der Waals surface area contributed by atoms with Crippen molar-refractivity contribution in [2.24, 2.45) is 9.98 Å². The van der Waals surface area contributed by atoms with E-state index in [1.807, 2.05) is 61.8 Å². The monoisotopic (exact) mass is 787 g/mol. The number of aromatic nitrogens is 3. The highest BCUT2D eigenvalue weighted by Crippen LogP contribution is 2.37. The molecule has 2 aliphatic rings. The molecule has 0 radical (unpaired) electrons. The molecular formula is C56H45N5. The van der Waals surface area contributed by atoms with Crippen molar-refractivity contribution in [3.63, 3.8) is 0 Å². The maximum Gasteiger partial charge on any atom is 0.164 e. The third kappa shape index (κ3) is 8.59. The Labute approximate surface area is 358 Å². The third-order valence-corrected chi connectivity index (χ3v) is 11.0. The second kappa shape index (κ2) is 18.1. The van der Waals surface area contributed by atoms with E-state index in [0.29, 0.717) is 17.5 Å². The number of hydrogen-bond acceptors (Lipinski definition) is 5. The summed E-state index contributed by atoms with van der Waals surface area (Å²) in [7, 11) is 0. The molecule has 5 heteroatoms. The molecule has 61 heavy (non-hydrogen) atoms. The van der Waals surface area contributed by atoms with Crippen LogP contribution in [0.25, 0.3) is 78.7 Å². The van der Waals surface area contributed by atoms with Crippen molar-refractivity contribution >= 4 is 35.0 Å². The Morgan fingerprint density at radius 1 is 0.459 bits per heavy atom. The van der Waals surface area contributed by atoms with E-state index in [2.05, 4.69) is 156 Å². The first-order chi connectivity index (χ1) is 30.1. The molecule has 3 heterocycles. The number of nitrogens with zero attached hydrogens (tertiary/aromatic N) is 5. The fourth-order valence-corrected chi connectivity index (χ4v) is 7.95. The Morgan fingerprint density at radius 3 is 1.56 bits per heavy atom. The summed E-state index contributed by atoms with van der Waals surface area (Å²) in [5.41, 5.74) is 15.5. The van der Waals surface area contributed by atoms with Crippen LogP contribution in [-0.2, 0) is 0 Å². The molecule has 9 rings (SSSR count). The first-order valence-corrected chi connectivity index (χ1v) is 20.9. The third-order valence-electron chi connectivity index (χ3n) is 11.0. The zero-order valence-electron chi connectivity index (χ0n) is 34.2. The maximum atomic E-state index is 5.28. The van der Waals surface area contributed by atoms with Crippen LogP contribution in [0.15, 0.2) is 199 Å². The number of rotatable bonds is 11. The lowest BCUT2D eigenvalue weighted by atomic mass is 9.93. The first-order valence-electron chi connectivity index (χ1n) is 20.9. The van der Waals surface area contributed by atoms with Crippen LogP contribution >= 0.6 is 0 Å². The molecule has 0 aliphatic carbocycles. The molecule has 0 bridgehead atoms. The normalized spacial score (nSPS) is 14.0. The van der Waals surface area contributed by atoms with E-state index >= 15 is 0 Å². The molecule has 0 saturated carbocycles. The Kier molecular flexibility index (Phi) is 11.5. The number of aliphatic imine (C=N–C) groups is 2. The van der Waals surface area contributed by atoms with Crippen LogP contribution in [-0.4, -0.2) is 27.4 Å². The van der Waals surface area contributed by atoms with Crippen molar-refractivity contribution in [2.75, 3.05) is 0 Å². The summed E-state index contributed by atoms with van der Waals surface area (Å²) in [6.45, 7) is 6.36. The van der Waals surface area contributed by atoms with Crippen LogP contribution in [0.4, 0.5) is 0 Å². The van der Waals surface area contributed by atoms with Gasteiger partial charge in [-0.25, -0.2) is 15.0 Å². The average molecular weight is 788 g/mol. The van der Waals surface area contributed by atoms with Gasteiger partial charge in [0.15, 0.2) is 17.5 Å². The smallest absolute Gasteiger partial charge is 0.164 e. The van der Waals surface area contributed by atoms with Gasteiger partial charge in [-0.05, 0) is 101 Å². The summed E-state index contributed by atoms with van der Waals surface area (Å²) in [4.78, 5) is 24.9. The summed E-state index contributed by atoms with van der Waals surface area (Å²) >= 11 is 0. The lowest BCUT2D eigenvalue weighted by molar-refractivity contribution is 1.04. The van der Waals surface area contributed by atoms with Crippen LogP contribution in [0.3, 0.4) is 0 Å². The molecule has 0 N–H and O–H groups in total. The Balaban J connectivity index is 1.15. The molecule has 294 valence electrons. The minimum Gasteiger partial charge on any atom is -0.261 e. The highest BCUT2D eigenvalue weighted by atomic mass is 15.0. The molecule has 5 nitrogen and oxygen atoms in total. The molecule has 0 fully saturated rings. The van der Waals surface area contributed by atoms with Gasteiger partial charge in [0.2, 0.25) is 0 Å². The van der Waals surface area contributed by atoms with Crippen LogP contribution in [0, 0.1) is 0 Å². The number of benzene rings is 6. The molecule has 2 aliphatic heterocycles. The van der Waals surface area contributed by atoms with E-state index in [1.165, 1.54) is 0 Å². The van der Waals surface area contributed by atoms with Gasteiger partial charge < -0.3 is 0 Å². The van der Waals surface area contributed by atoms with Crippen molar-refractivity contribution in [1.29, 1.82) is 0 Å². The molecule has 0 amide bonds. The largest absolute Gasteiger partial charge is 0.261 e. The van der Waals surface area contributed by atoms with E-state index in [0.717, 1.165) is 109 Å². The minimum absolute atomic E-state index is 0.543. The van der Waals surface area contributed by atoms with Gasteiger partial charge in [0, 0.05) is 40.3 Å². The number of hydrogen-bond donors (Lipinski definition) is 0. The van der Waals surface area contributed by atoms with Crippen molar-refractivity contribution in [3.8, 4) is 56.2 Å². The van der Waals surface area contributed by atoms with Gasteiger partial charge in [0.05, 0.1) is 11.4 Å². The lowest BCUT2D eigenvalue weighted by Crippen LogP contribution is -2.04. The van der Waals surface area contributed by atoms with E-state index in [9.17, 15) is 0 Å². The summed E-state index contributed by atoms with van der Waals surface area (Å²) in [5, 5.41) is 0. The Hall–Kier alpha value is -7.63. The first kappa shape index (κ1) is 38.9. The van der Waals surface area contributed by atoms with Crippen LogP contribution in [0.2, 0.25) is 0 Å². The van der Waals surface area contributed by atoms with E-state index in [1.54, 1.807) is 0 Å². The zero-order chi connectivity index (χ0) is 41.4. The molecule has 0 unspecified atom stereocenters. The number of allylic oxidation sites excluding steroid dienone is 7. The molecule has 6 aromatic carbocycles. The van der Waals surface area contributed by atoms with Crippen molar-refractivity contribution in [3.05, 3.63) is 211 Å². The van der Waals surface area contributed by atoms with Gasteiger partial charge in [-0.2, -0.15) is 0 Å². The van der Waals surface area contributed by atoms with Gasteiger partial charge in [-0.3, -0.25) is 9.98 Å².